The Hall–Kier alpha value is -1.81. The summed E-state index contributed by atoms with van der Waals surface area (Å²) in [5.41, 5.74) is 2.53. The smallest absolute Gasteiger partial charge is 0.218 e. The first-order valence-corrected chi connectivity index (χ1v) is 6.56. The molecule has 1 N–H and O–H groups in total. The van der Waals surface area contributed by atoms with Crippen molar-refractivity contribution < 1.29 is 4.74 Å². The van der Waals surface area contributed by atoms with Crippen LogP contribution in [0.3, 0.4) is 0 Å². The molecular formula is C14H14ClN3O. The van der Waals surface area contributed by atoms with Crippen molar-refractivity contribution in [2.24, 2.45) is 0 Å². The van der Waals surface area contributed by atoms with E-state index in [0.717, 1.165) is 12.2 Å². The lowest BCUT2D eigenvalue weighted by atomic mass is 10.1. The van der Waals surface area contributed by atoms with Crippen molar-refractivity contribution in [2.75, 3.05) is 12.4 Å². The van der Waals surface area contributed by atoms with Gasteiger partial charge < -0.3 is 10.1 Å². The first kappa shape index (κ1) is 12.2. The van der Waals surface area contributed by atoms with Gasteiger partial charge in [0, 0.05) is 6.07 Å². The van der Waals surface area contributed by atoms with Crippen LogP contribution in [0.5, 0.6) is 5.88 Å². The van der Waals surface area contributed by atoms with Crippen LogP contribution < -0.4 is 10.1 Å². The maximum absolute atomic E-state index is 6.43. The molecule has 0 amide bonds. The predicted octanol–water partition coefficient (Wildman–Crippen LogP) is 2.80. The minimum Gasteiger partial charge on any atom is -0.481 e. The summed E-state index contributed by atoms with van der Waals surface area (Å²) in [6, 6.07) is 10.1. The van der Waals surface area contributed by atoms with Gasteiger partial charge in [-0.1, -0.05) is 24.3 Å². The van der Waals surface area contributed by atoms with E-state index in [0.29, 0.717) is 5.88 Å². The molecule has 2 aromatic rings. The molecular weight excluding hydrogens is 262 g/mol. The Bertz CT molecular complexity index is 590. The number of nitrogens with one attached hydrogen (secondary N) is 1. The second-order valence-corrected chi connectivity index (χ2v) is 5.05. The molecule has 0 aliphatic heterocycles. The highest BCUT2D eigenvalue weighted by Crippen LogP contribution is 2.36. The normalized spacial score (nSPS) is 20.9. The minimum atomic E-state index is 0.0263. The molecule has 98 valence electrons. The van der Waals surface area contributed by atoms with Gasteiger partial charge in [0.1, 0.15) is 12.1 Å². The molecule has 3 rings (SSSR count). The summed E-state index contributed by atoms with van der Waals surface area (Å²) >= 11 is 6.43. The molecule has 0 radical (unpaired) electrons. The van der Waals surface area contributed by atoms with Crippen LogP contribution in [-0.2, 0) is 6.42 Å². The molecule has 1 heterocycles. The first-order valence-electron chi connectivity index (χ1n) is 6.12. The van der Waals surface area contributed by atoms with Crippen molar-refractivity contribution in [2.45, 2.75) is 17.8 Å². The maximum Gasteiger partial charge on any atom is 0.218 e. The number of fused-ring (bicyclic) bond motifs is 1. The molecule has 0 spiro atoms. The van der Waals surface area contributed by atoms with Gasteiger partial charge in [-0.05, 0) is 17.5 Å². The van der Waals surface area contributed by atoms with Crippen LogP contribution in [0.1, 0.15) is 17.2 Å². The summed E-state index contributed by atoms with van der Waals surface area (Å²) in [5.74, 6) is 1.26. The molecule has 4 nitrogen and oxygen atoms in total. The lowest BCUT2D eigenvalue weighted by Crippen LogP contribution is -2.17. The molecule has 0 bridgehead atoms. The third-order valence-electron chi connectivity index (χ3n) is 3.32. The Labute approximate surface area is 116 Å². The average Bonchev–Trinajstić information content (AvgIpc) is 2.76. The number of nitrogens with zero attached hydrogens (tertiary/aromatic N) is 2. The molecule has 1 aliphatic rings. The minimum absolute atomic E-state index is 0.0263. The number of methoxy groups -OCH3 is 1. The molecule has 19 heavy (non-hydrogen) atoms. The number of hydrogen-bond acceptors (Lipinski definition) is 4. The quantitative estimate of drug-likeness (QED) is 0.875. The Kier molecular flexibility index (Phi) is 3.25. The molecule has 0 fully saturated rings. The van der Waals surface area contributed by atoms with Gasteiger partial charge in [-0.15, -0.1) is 11.6 Å². The van der Waals surface area contributed by atoms with E-state index < -0.39 is 0 Å². The van der Waals surface area contributed by atoms with E-state index in [-0.39, 0.29) is 11.4 Å². The van der Waals surface area contributed by atoms with Crippen LogP contribution in [0, 0.1) is 0 Å². The number of hydrogen-bond donors (Lipinski definition) is 1. The van der Waals surface area contributed by atoms with Gasteiger partial charge in [0.2, 0.25) is 5.88 Å². The van der Waals surface area contributed by atoms with E-state index in [2.05, 4.69) is 27.4 Å². The topological polar surface area (TPSA) is 47.0 Å². The molecule has 0 saturated heterocycles. The molecule has 5 heteroatoms. The largest absolute Gasteiger partial charge is 0.481 e. The van der Waals surface area contributed by atoms with Crippen LogP contribution in [0.15, 0.2) is 36.7 Å². The van der Waals surface area contributed by atoms with Crippen LogP contribution in [-0.4, -0.2) is 22.5 Å². The number of halogens is 1. The standard InChI is InChI=1S/C14H14ClN3O/c1-19-13-7-12(16-8-17-13)18-14-10-5-3-2-4-9(10)6-11(14)15/h2-5,7-8,11,14H,6H2,1H3,(H,16,17,18). The molecule has 1 aromatic carbocycles. The molecule has 1 aromatic heterocycles. The predicted molar refractivity (Wildman–Crippen MR) is 74.7 cm³/mol. The number of anilines is 1. The van der Waals surface area contributed by atoms with Crippen molar-refractivity contribution in [3.63, 3.8) is 0 Å². The molecule has 2 unspecified atom stereocenters. The van der Waals surface area contributed by atoms with Crippen molar-refractivity contribution in [1.29, 1.82) is 0 Å². The Morgan fingerprint density at radius 2 is 2.16 bits per heavy atom. The van der Waals surface area contributed by atoms with Crippen molar-refractivity contribution >= 4 is 17.4 Å². The van der Waals surface area contributed by atoms with Gasteiger partial charge in [-0.3, -0.25) is 0 Å². The summed E-state index contributed by atoms with van der Waals surface area (Å²) in [4.78, 5) is 8.19. The van der Waals surface area contributed by atoms with Gasteiger partial charge >= 0.3 is 0 Å². The van der Waals surface area contributed by atoms with Gasteiger partial charge in [-0.25, -0.2) is 9.97 Å². The Morgan fingerprint density at radius 3 is 3.00 bits per heavy atom. The van der Waals surface area contributed by atoms with Crippen LogP contribution in [0.2, 0.25) is 0 Å². The van der Waals surface area contributed by atoms with Gasteiger partial charge in [0.25, 0.3) is 0 Å². The van der Waals surface area contributed by atoms with E-state index in [4.69, 9.17) is 16.3 Å². The summed E-state index contributed by atoms with van der Waals surface area (Å²) < 4.78 is 5.09. The molecule has 2 atom stereocenters. The van der Waals surface area contributed by atoms with E-state index in [1.807, 2.05) is 12.1 Å². The van der Waals surface area contributed by atoms with Gasteiger partial charge in [0.15, 0.2) is 0 Å². The zero-order valence-corrected chi connectivity index (χ0v) is 11.3. The van der Waals surface area contributed by atoms with Gasteiger partial charge in [0.05, 0.1) is 18.5 Å². The van der Waals surface area contributed by atoms with Crippen molar-refractivity contribution in [1.82, 2.24) is 9.97 Å². The summed E-state index contributed by atoms with van der Waals surface area (Å²) in [6.45, 7) is 0. The molecule has 0 saturated carbocycles. The zero-order valence-electron chi connectivity index (χ0n) is 10.5. The fourth-order valence-electron chi connectivity index (χ4n) is 2.40. The van der Waals surface area contributed by atoms with Gasteiger partial charge in [-0.2, -0.15) is 0 Å². The second kappa shape index (κ2) is 5.05. The number of rotatable bonds is 3. The number of aromatic nitrogens is 2. The number of ether oxygens (including phenoxy) is 1. The lowest BCUT2D eigenvalue weighted by molar-refractivity contribution is 0.397. The highest BCUT2D eigenvalue weighted by atomic mass is 35.5. The van der Waals surface area contributed by atoms with E-state index in [1.165, 1.54) is 17.5 Å². The average molecular weight is 276 g/mol. The van der Waals surface area contributed by atoms with Crippen LogP contribution >= 0.6 is 11.6 Å². The van der Waals surface area contributed by atoms with Crippen LogP contribution in [0.4, 0.5) is 5.82 Å². The number of benzene rings is 1. The number of alkyl halides is 1. The van der Waals surface area contributed by atoms with Crippen LogP contribution in [0.25, 0.3) is 0 Å². The SMILES string of the molecule is COc1cc(NC2c3ccccc3CC2Cl)ncn1. The zero-order chi connectivity index (χ0) is 13.2. The van der Waals surface area contributed by atoms with E-state index in [1.54, 1.807) is 13.2 Å². The second-order valence-electron chi connectivity index (χ2n) is 4.49. The summed E-state index contributed by atoms with van der Waals surface area (Å²) in [7, 11) is 1.58. The monoisotopic (exact) mass is 275 g/mol. The lowest BCUT2D eigenvalue weighted by Gasteiger charge is -2.18. The third-order valence-corrected chi connectivity index (χ3v) is 3.73. The fraction of sp³-hybridized carbons (Fsp3) is 0.286. The van der Waals surface area contributed by atoms with E-state index in [9.17, 15) is 0 Å². The summed E-state index contributed by atoms with van der Waals surface area (Å²) in [6.07, 6.45) is 2.35. The summed E-state index contributed by atoms with van der Waals surface area (Å²) in [5, 5.41) is 3.38. The third kappa shape index (κ3) is 2.36. The first-order chi connectivity index (χ1) is 9.28. The maximum atomic E-state index is 6.43. The molecule has 1 aliphatic carbocycles. The van der Waals surface area contributed by atoms with E-state index >= 15 is 0 Å². The van der Waals surface area contributed by atoms with Crippen molar-refractivity contribution in [3.05, 3.63) is 47.8 Å². The Morgan fingerprint density at radius 1 is 1.32 bits per heavy atom. The Balaban J connectivity index is 1.87. The fourth-order valence-corrected chi connectivity index (χ4v) is 2.77. The van der Waals surface area contributed by atoms with Crippen molar-refractivity contribution in [3.8, 4) is 5.88 Å². The highest BCUT2D eigenvalue weighted by molar-refractivity contribution is 6.21. The highest BCUT2D eigenvalue weighted by Gasteiger charge is 2.30.